The number of aromatic nitrogens is 4. The largest absolute Gasteiger partial charge is 0.494 e. The van der Waals surface area contributed by atoms with E-state index in [-0.39, 0.29) is 41.8 Å². The molecule has 0 spiro atoms. The van der Waals surface area contributed by atoms with Gasteiger partial charge in [-0.05, 0) is 18.6 Å². The van der Waals surface area contributed by atoms with Crippen molar-refractivity contribution in [3.8, 4) is 11.5 Å². The average Bonchev–Trinajstić information content (AvgIpc) is 3.05. The maximum Gasteiger partial charge on any atom is 0.228 e. The molecule has 0 amide bonds. The molecule has 1 aromatic carbocycles. The fourth-order valence-corrected chi connectivity index (χ4v) is 2.72. The molecule has 0 aliphatic carbocycles. The standard InChI is InChI=1S/C19H21F2N5O3/c1-11-6-15(28-3)18(21)14(17(11)20)10-29-13-8-22-19(23-9-13)24-16-7-12(4-5-27)26(2)25-16/h6-9,27H,4-5,10H2,1-3H3,(H,22,23,24,25). The molecule has 0 aliphatic rings. The van der Waals surface area contributed by atoms with Gasteiger partial charge >= 0.3 is 0 Å². The molecule has 2 N–H and O–H groups in total. The van der Waals surface area contributed by atoms with Crippen molar-refractivity contribution in [3.63, 3.8) is 0 Å². The number of nitrogens with one attached hydrogen (secondary N) is 1. The fourth-order valence-electron chi connectivity index (χ4n) is 2.72. The van der Waals surface area contributed by atoms with E-state index in [4.69, 9.17) is 14.6 Å². The Kier molecular flexibility index (Phi) is 6.23. The van der Waals surface area contributed by atoms with Crippen LogP contribution in [0.3, 0.4) is 0 Å². The van der Waals surface area contributed by atoms with E-state index in [1.807, 2.05) is 0 Å². The highest BCUT2D eigenvalue weighted by molar-refractivity contribution is 5.48. The molecule has 10 heteroatoms. The minimum Gasteiger partial charge on any atom is -0.494 e. The number of aliphatic hydroxyl groups is 1. The zero-order chi connectivity index (χ0) is 21.0. The monoisotopic (exact) mass is 405 g/mol. The van der Waals surface area contributed by atoms with Gasteiger partial charge in [0.15, 0.2) is 23.1 Å². The minimum atomic E-state index is -0.802. The summed E-state index contributed by atoms with van der Waals surface area (Å²) in [6, 6.07) is 3.07. The van der Waals surface area contributed by atoms with Crippen molar-refractivity contribution in [1.82, 2.24) is 19.7 Å². The van der Waals surface area contributed by atoms with Gasteiger partial charge in [0.25, 0.3) is 0 Å². The highest BCUT2D eigenvalue weighted by atomic mass is 19.1. The fraction of sp³-hybridized carbons (Fsp3) is 0.316. The quantitative estimate of drug-likeness (QED) is 0.595. The van der Waals surface area contributed by atoms with Gasteiger partial charge in [-0.2, -0.15) is 5.10 Å². The molecule has 0 saturated heterocycles. The van der Waals surface area contributed by atoms with Crippen LogP contribution in [0.5, 0.6) is 11.5 Å². The predicted octanol–water partition coefficient (Wildman–Crippen LogP) is 2.66. The molecule has 0 saturated carbocycles. The summed E-state index contributed by atoms with van der Waals surface area (Å²) < 4.78 is 40.5. The van der Waals surface area contributed by atoms with Crippen LogP contribution >= 0.6 is 0 Å². The van der Waals surface area contributed by atoms with E-state index in [0.29, 0.717) is 12.2 Å². The molecule has 2 aromatic heterocycles. The molecule has 0 bridgehead atoms. The van der Waals surface area contributed by atoms with Gasteiger partial charge in [0.2, 0.25) is 5.95 Å². The SMILES string of the molecule is COc1cc(C)c(F)c(COc2cnc(Nc3cc(CCO)n(C)n3)nc2)c1F. The van der Waals surface area contributed by atoms with Gasteiger partial charge in [0.05, 0.1) is 25.1 Å². The zero-order valence-electron chi connectivity index (χ0n) is 16.2. The maximum atomic E-state index is 14.3. The Bertz CT molecular complexity index is 992. The van der Waals surface area contributed by atoms with Crippen LogP contribution in [0.15, 0.2) is 24.5 Å². The summed E-state index contributed by atoms with van der Waals surface area (Å²) in [5, 5.41) is 16.2. The number of rotatable bonds is 8. The summed E-state index contributed by atoms with van der Waals surface area (Å²) in [6.07, 6.45) is 3.25. The number of methoxy groups -OCH3 is 1. The second-order valence-electron chi connectivity index (χ2n) is 6.28. The molecule has 154 valence electrons. The van der Waals surface area contributed by atoms with Crippen LogP contribution < -0.4 is 14.8 Å². The highest BCUT2D eigenvalue weighted by Gasteiger charge is 2.18. The van der Waals surface area contributed by atoms with E-state index in [1.54, 1.807) is 17.8 Å². The lowest BCUT2D eigenvalue weighted by Crippen LogP contribution is -2.06. The lowest BCUT2D eigenvalue weighted by molar-refractivity contribution is 0.285. The molecule has 3 rings (SSSR count). The van der Waals surface area contributed by atoms with Crippen molar-refractivity contribution in [2.75, 3.05) is 19.0 Å². The lowest BCUT2D eigenvalue weighted by atomic mass is 10.1. The van der Waals surface area contributed by atoms with Crippen molar-refractivity contribution < 1.29 is 23.4 Å². The van der Waals surface area contributed by atoms with Crippen LogP contribution in [-0.2, 0) is 20.1 Å². The summed E-state index contributed by atoms with van der Waals surface area (Å²) in [4.78, 5) is 8.22. The van der Waals surface area contributed by atoms with Crippen molar-refractivity contribution in [2.45, 2.75) is 20.0 Å². The van der Waals surface area contributed by atoms with Crippen molar-refractivity contribution in [3.05, 3.63) is 53.0 Å². The van der Waals surface area contributed by atoms with E-state index in [1.165, 1.54) is 32.5 Å². The molecule has 0 unspecified atom stereocenters. The van der Waals surface area contributed by atoms with E-state index in [9.17, 15) is 8.78 Å². The number of aliphatic hydroxyl groups excluding tert-OH is 1. The van der Waals surface area contributed by atoms with Gasteiger partial charge in [-0.15, -0.1) is 0 Å². The minimum absolute atomic E-state index is 0.0233. The number of ether oxygens (including phenoxy) is 2. The van der Waals surface area contributed by atoms with Gasteiger partial charge in [-0.3, -0.25) is 4.68 Å². The Labute approximate surface area is 166 Å². The van der Waals surface area contributed by atoms with Gasteiger partial charge in [-0.1, -0.05) is 0 Å². The first-order valence-electron chi connectivity index (χ1n) is 8.80. The first-order valence-corrected chi connectivity index (χ1v) is 8.80. The Hall–Kier alpha value is -3.27. The first kappa shape index (κ1) is 20.5. The van der Waals surface area contributed by atoms with Crippen molar-refractivity contribution in [2.24, 2.45) is 7.05 Å². The Balaban J connectivity index is 1.67. The summed E-state index contributed by atoms with van der Waals surface area (Å²) in [5.41, 5.74) is 0.884. The van der Waals surface area contributed by atoms with Gasteiger partial charge in [0.1, 0.15) is 12.4 Å². The van der Waals surface area contributed by atoms with E-state index < -0.39 is 11.6 Å². The number of anilines is 2. The van der Waals surface area contributed by atoms with E-state index >= 15 is 0 Å². The Morgan fingerprint density at radius 3 is 2.55 bits per heavy atom. The third-order valence-electron chi connectivity index (χ3n) is 4.26. The third kappa shape index (κ3) is 4.60. The van der Waals surface area contributed by atoms with E-state index in [2.05, 4.69) is 20.4 Å². The smallest absolute Gasteiger partial charge is 0.228 e. The molecule has 0 radical (unpaired) electrons. The molecule has 8 nitrogen and oxygen atoms in total. The number of halogens is 2. The lowest BCUT2D eigenvalue weighted by Gasteiger charge is -2.12. The first-order chi connectivity index (χ1) is 13.9. The second kappa shape index (κ2) is 8.82. The molecule has 3 aromatic rings. The van der Waals surface area contributed by atoms with Gasteiger partial charge in [-0.25, -0.2) is 18.7 Å². The predicted molar refractivity (Wildman–Crippen MR) is 101 cm³/mol. The second-order valence-corrected chi connectivity index (χ2v) is 6.28. The molecule has 0 atom stereocenters. The van der Waals surface area contributed by atoms with Crippen molar-refractivity contribution >= 4 is 11.8 Å². The number of nitrogens with zero attached hydrogens (tertiary/aromatic N) is 4. The topological polar surface area (TPSA) is 94.3 Å². The summed E-state index contributed by atoms with van der Waals surface area (Å²) in [5.74, 6) is -0.479. The Morgan fingerprint density at radius 2 is 1.90 bits per heavy atom. The normalized spacial score (nSPS) is 10.8. The molecule has 0 fully saturated rings. The van der Waals surface area contributed by atoms with Crippen LogP contribution in [0.1, 0.15) is 16.8 Å². The van der Waals surface area contributed by atoms with Crippen LogP contribution in [0.2, 0.25) is 0 Å². The van der Waals surface area contributed by atoms with E-state index in [0.717, 1.165) is 5.69 Å². The number of hydrogen-bond donors (Lipinski definition) is 2. The zero-order valence-corrected chi connectivity index (χ0v) is 16.2. The number of hydrogen-bond acceptors (Lipinski definition) is 7. The Morgan fingerprint density at radius 1 is 1.17 bits per heavy atom. The number of benzene rings is 1. The summed E-state index contributed by atoms with van der Waals surface area (Å²) in [7, 11) is 3.08. The molecular formula is C19H21F2N5O3. The van der Waals surface area contributed by atoms with Gasteiger partial charge in [0, 0.05) is 31.8 Å². The molecule has 2 heterocycles. The summed E-state index contributed by atoms with van der Waals surface area (Å²) in [6.45, 7) is 1.21. The molecular weight excluding hydrogens is 384 g/mol. The molecule has 0 aliphatic heterocycles. The van der Waals surface area contributed by atoms with Crippen LogP contribution in [0.25, 0.3) is 0 Å². The van der Waals surface area contributed by atoms with Crippen LogP contribution in [0, 0.1) is 18.6 Å². The maximum absolute atomic E-state index is 14.3. The average molecular weight is 405 g/mol. The highest BCUT2D eigenvalue weighted by Crippen LogP contribution is 2.27. The van der Waals surface area contributed by atoms with Gasteiger partial charge < -0.3 is 19.9 Å². The molecule has 29 heavy (non-hydrogen) atoms. The third-order valence-corrected chi connectivity index (χ3v) is 4.26. The summed E-state index contributed by atoms with van der Waals surface area (Å²) >= 11 is 0. The van der Waals surface area contributed by atoms with Crippen LogP contribution in [0.4, 0.5) is 20.5 Å². The van der Waals surface area contributed by atoms with Crippen molar-refractivity contribution in [1.29, 1.82) is 0 Å². The number of aryl methyl sites for hydroxylation is 2. The van der Waals surface area contributed by atoms with Crippen LogP contribution in [-0.4, -0.2) is 38.6 Å².